The minimum Gasteiger partial charge on any atom is -0.490 e. The van der Waals surface area contributed by atoms with E-state index in [0.717, 1.165) is 0 Å². The largest absolute Gasteiger partial charge is 0.490 e. The zero-order valence-corrected chi connectivity index (χ0v) is 15.4. The topological polar surface area (TPSA) is 124 Å². The molecule has 9 heteroatoms. The highest BCUT2D eigenvalue weighted by Gasteiger charge is 2.12. The van der Waals surface area contributed by atoms with Crippen molar-refractivity contribution in [2.24, 2.45) is 21.7 Å². The lowest BCUT2D eigenvalue weighted by atomic mass is 10.2. The molecule has 0 aromatic heterocycles. The van der Waals surface area contributed by atoms with E-state index in [1.165, 1.54) is 6.21 Å². The molecule has 0 spiro atoms. The maximum Gasteiger partial charge on any atom is 0.262 e. The summed E-state index contributed by atoms with van der Waals surface area (Å²) in [5.41, 5.74) is 11.7. The molecule has 142 valence electrons. The molecule has 5 N–H and O–H groups in total. The van der Waals surface area contributed by atoms with E-state index in [1.54, 1.807) is 24.3 Å². The van der Waals surface area contributed by atoms with Crippen molar-refractivity contribution in [1.82, 2.24) is 0 Å². The van der Waals surface area contributed by atoms with Crippen LogP contribution in [0.15, 0.2) is 52.7 Å². The SMILES string of the molecule is CCOc1cc(C=NN=C(N)N)c(Cl)cc1OCC(=O)Nc1ccccc1. The predicted molar refractivity (Wildman–Crippen MR) is 107 cm³/mol. The number of nitrogens with zero attached hydrogens (tertiary/aromatic N) is 2. The fraction of sp³-hybridized carbons (Fsp3) is 0.167. The fourth-order valence-electron chi connectivity index (χ4n) is 2.05. The summed E-state index contributed by atoms with van der Waals surface area (Å²) in [6.07, 6.45) is 1.39. The molecule has 8 nitrogen and oxygen atoms in total. The number of amides is 1. The molecule has 0 fully saturated rings. The second-order valence-corrected chi connectivity index (χ2v) is 5.63. The van der Waals surface area contributed by atoms with Gasteiger partial charge in [0.2, 0.25) is 5.96 Å². The van der Waals surface area contributed by atoms with Gasteiger partial charge in [-0.05, 0) is 25.1 Å². The van der Waals surface area contributed by atoms with Crippen LogP contribution in [0, 0.1) is 0 Å². The number of nitrogens with two attached hydrogens (primary N) is 2. The minimum atomic E-state index is -0.307. The summed E-state index contributed by atoms with van der Waals surface area (Å²) in [7, 11) is 0. The molecule has 0 aliphatic carbocycles. The van der Waals surface area contributed by atoms with Crippen molar-refractivity contribution in [3.05, 3.63) is 53.1 Å². The van der Waals surface area contributed by atoms with Crippen LogP contribution in [-0.4, -0.2) is 31.3 Å². The zero-order chi connectivity index (χ0) is 19.6. The Bertz CT molecular complexity index is 836. The highest BCUT2D eigenvalue weighted by molar-refractivity contribution is 6.33. The van der Waals surface area contributed by atoms with E-state index in [0.29, 0.717) is 34.4 Å². The molecule has 0 saturated carbocycles. The van der Waals surface area contributed by atoms with Crippen LogP contribution in [0.2, 0.25) is 5.02 Å². The molecule has 2 aromatic rings. The molecule has 0 bridgehead atoms. The van der Waals surface area contributed by atoms with Crippen molar-refractivity contribution in [3.8, 4) is 11.5 Å². The lowest BCUT2D eigenvalue weighted by Crippen LogP contribution is -2.21. The number of hydrogen-bond donors (Lipinski definition) is 3. The average Bonchev–Trinajstić information content (AvgIpc) is 2.63. The Morgan fingerprint density at radius 2 is 1.89 bits per heavy atom. The van der Waals surface area contributed by atoms with Gasteiger partial charge in [-0.15, -0.1) is 5.10 Å². The number of guanidine groups is 1. The van der Waals surface area contributed by atoms with Gasteiger partial charge in [0, 0.05) is 17.3 Å². The first kappa shape index (κ1) is 20.1. The van der Waals surface area contributed by atoms with Crippen molar-refractivity contribution >= 4 is 35.4 Å². The molecule has 0 saturated heterocycles. The van der Waals surface area contributed by atoms with E-state index in [2.05, 4.69) is 15.5 Å². The molecule has 0 aliphatic heterocycles. The van der Waals surface area contributed by atoms with Crippen molar-refractivity contribution in [2.45, 2.75) is 6.92 Å². The van der Waals surface area contributed by atoms with Gasteiger partial charge < -0.3 is 26.3 Å². The quantitative estimate of drug-likeness (QED) is 0.363. The van der Waals surface area contributed by atoms with Crippen molar-refractivity contribution in [1.29, 1.82) is 0 Å². The number of benzene rings is 2. The smallest absolute Gasteiger partial charge is 0.262 e. The van der Waals surface area contributed by atoms with Crippen LogP contribution < -0.4 is 26.3 Å². The van der Waals surface area contributed by atoms with E-state index in [4.69, 9.17) is 32.5 Å². The molecule has 1 amide bonds. The number of carbonyl (C=O) groups is 1. The average molecular weight is 390 g/mol. The van der Waals surface area contributed by atoms with Crippen LogP contribution in [0.4, 0.5) is 5.69 Å². The lowest BCUT2D eigenvalue weighted by Gasteiger charge is -2.13. The number of ether oxygens (including phenoxy) is 2. The standard InChI is InChI=1S/C18H20ClN5O3/c1-2-26-15-8-12(10-22-24-18(20)21)14(19)9-16(15)27-11-17(25)23-13-6-4-3-5-7-13/h3-10H,2,11H2,1H3,(H,23,25)(H4,20,21,24). The Labute approximate surface area is 161 Å². The molecule has 0 atom stereocenters. The minimum absolute atomic E-state index is 0.170. The van der Waals surface area contributed by atoms with E-state index in [-0.39, 0.29) is 18.5 Å². The molecule has 0 heterocycles. The number of rotatable bonds is 8. The van der Waals surface area contributed by atoms with Crippen LogP contribution in [-0.2, 0) is 4.79 Å². The highest BCUT2D eigenvalue weighted by atomic mass is 35.5. The number of para-hydroxylation sites is 1. The Morgan fingerprint density at radius 3 is 2.56 bits per heavy atom. The van der Waals surface area contributed by atoms with Gasteiger partial charge in [0.1, 0.15) is 0 Å². The van der Waals surface area contributed by atoms with Crippen molar-refractivity contribution < 1.29 is 14.3 Å². The summed E-state index contributed by atoms with van der Waals surface area (Å²) in [5, 5.41) is 10.3. The molecular formula is C18H20ClN5O3. The fourth-order valence-corrected chi connectivity index (χ4v) is 2.25. The summed E-state index contributed by atoms with van der Waals surface area (Å²) < 4.78 is 11.1. The third-order valence-corrected chi connectivity index (χ3v) is 3.48. The van der Waals surface area contributed by atoms with Gasteiger partial charge in [-0.3, -0.25) is 4.79 Å². The Hall–Kier alpha value is -3.26. The van der Waals surface area contributed by atoms with E-state index in [9.17, 15) is 4.79 Å². The summed E-state index contributed by atoms with van der Waals surface area (Å²) in [6.45, 7) is 2.03. The molecule has 27 heavy (non-hydrogen) atoms. The van der Waals surface area contributed by atoms with Crippen molar-refractivity contribution in [3.63, 3.8) is 0 Å². The maximum atomic E-state index is 12.0. The summed E-state index contributed by atoms with van der Waals surface area (Å²) in [4.78, 5) is 12.0. The Kier molecular flexibility index (Phi) is 7.45. The number of hydrogen-bond acceptors (Lipinski definition) is 5. The first-order valence-corrected chi connectivity index (χ1v) is 8.43. The number of halogens is 1. The third kappa shape index (κ3) is 6.52. The van der Waals surface area contributed by atoms with Gasteiger partial charge >= 0.3 is 0 Å². The van der Waals surface area contributed by atoms with Crippen LogP contribution in [0.1, 0.15) is 12.5 Å². The molecule has 2 aromatic carbocycles. The van der Waals surface area contributed by atoms with E-state index < -0.39 is 0 Å². The van der Waals surface area contributed by atoms with Gasteiger partial charge in [-0.1, -0.05) is 29.8 Å². The second-order valence-electron chi connectivity index (χ2n) is 5.23. The molecule has 0 radical (unpaired) electrons. The van der Waals surface area contributed by atoms with Gasteiger partial charge in [-0.25, -0.2) is 0 Å². The number of anilines is 1. The summed E-state index contributed by atoms with van der Waals surface area (Å²) >= 11 is 6.22. The van der Waals surface area contributed by atoms with E-state index in [1.807, 2.05) is 25.1 Å². The molecular weight excluding hydrogens is 370 g/mol. The zero-order valence-electron chi connectivity index (χ0n) is 14.7. The third-order valence-electron chi connectivity index (χ3n) is 3.15. The lowest BCUT2D eigenvalue weighted by molar-refractivity contribution is -0.118. The normalized spacial score (nSPS) is 10.4. The molecule has 0 aliphatic rings. The van der Waals surface area contributed by atoms with Crippen LogP contribution >= 0.6 is 11.6 Å². The number of carbonyl (C=O) groups excluding carboxylic acids is 1. The van der Waals surface area contributed by atoms with Crippen LogP contribution in [0.3, 0.4) is 0 Å². The second kappa shape index (κ2) is 10.0. The van der Waals surface area contributed by atoms with Crippen molar-refractivity contribution in [2.75, 3.05) is 18.5 Å². The van der Waals surface area contributed by atoms with Gasteiger partial charge in [0.15, 0.2) is 18.1 Å². The molecule has 0 unspecified atom stereocenters. The van der Waals surface area contributed by atoms with Gasteiger partial charge in [0.05, 0.1) is 17.8 Å². The van der Waals surface area contributed by atoms with Crippen LogP contribution in [0.25, 0.3) is 0 Å². The first-order valence-electron chi connectivity index (χ1n) is 8.05. The van der Waals surface area contributed by atoms with E-state index >= 15 is 0 Å². The Balaban J connectivity index is 2.10. The maximum absolute atomic E-state index is 12.0. The summed E-state index contributed by atoms with van der Waals surface area (Å²) in [6, 6.07) is 12.2. The highest BCUT2D eigenvalue weighted by Crippen LogP contribution is 2.33. The van der Waals surface area contributed by atoms with Crippen LogP contribution in [0.5, 0.6) is 11.5 Å². The van der Waals surface area contributed by atoms with Gasteiger partial charge in [-0.2, -0.15) is 5.10 Å². The Morgan fingerprint density at radius 1 is 1.19 bits per heavy atom. The molecule has 2 rings (SSSR count). The monoisotopic (exact) mass is 389 g/mol. The number of nitrogens with one attached hydrogen (secondary N) is 1. The summed E-state index contributed by atoms with van der Waals surface area (Å²) in [5.74, 6) is 0.277. The van der Waals surface area contributed by atoms with Gasteiger partial charge in [0.25, 0.3) is 5.91 Å². The first-order chi connectivity index (χ1) is 13.0. The predicted octanol–water partition coefficient (Wildman–Crippen LogP) is 2.36.